The van der Waals surface area contributed by atoms with Gasteiger partial charge in [0, 0.05) is 12.1 Å². The van der Waals surface area contributed by atoms with Gasteiger partial charge in [0.15, 0.2) is 0 Å². The highest BCUT2D eigenvalue weighted by molar-refractivity contribution is 5.06. The zero-order chi connectivity index (χ0) is 13.7. The van der Waals surface area contributed by atoms with E-state index in [0.717, 1.165) is 47.6 Å². The number of nitrogens with one attached hydrogen (secondary N) is 1. The highest BCUT2D eigenvalue weighted by Gasteiger charge is 2.53. The Kier molecular flexibility index (Phi) is 3.61. The molecule has 0 heterocycles. The van der Waals surface area contributed by atoms with Crippen LogP contribution >= 0.6 is 0 Å². The summed E-state index contributed by atoms with van der Waals surface area (Å²) in [5.74, 6) is 6.35. The Hall–Kier alpha value is -0.0400. The molecule has 4 fully saturated rings. The summed E-state index contributed by atoms with van der Waals surface area (Å²) in [5.41, 5.74) is 0. The second kappa shape index (κ2) is 5.30. The fourth-order valence-corrected chi connectivity index (χ4v) is 6.52. The van der Waals surface area contributed by atoms with Gasteiger partial charge in [-0.1, -0.05) is 20.3 Å². The van der Waals surface area contributed by atoms with Gasteiger partial charge in [-0.3, -0.25) is 0 Å². The zero-order valence-corrected chi connectivity index (χ0v) is 13.5. The quantitative estimate of drug-likeness (QED) is 0.793. The Balaban J connectivity index is 1.31. The van der Waals surface area contributed by atoms with E-state index in [0.29, 0.717) is 0 Å². The van der Waals surface area contributed by atoms with E-state index in [9.17, 15) is 0 Å². The first-order valence-corrected chi connectivity index (χ1v) is 9.48. The lowest BCUT2D eigenvalue weighted by Gasteiger charge is -2.38. The average Bonchev–Trinajstić information content (AvgIpc) is 3.11. The Morgan fingerprint density at radius 3 is 2.30 bits per heavy atom. The largest absolute Gasteiger partial charge is 0.311 e. The molecule has 1 N–H and O–H groups in total. The Morgan fingerprint density at radius 2 is 1.55 bits per heavy atom. The third-order valence-electron chi connectivity index (χ3n) is 7.59. The average molecular weight is 275 g/mol. The van der Waals surface area contributed by atoms with Gasteiger partial charge in [0.2, 0.25) is 0 Å². The van der Waals surface area contributed by atoms with Crippen LogP contribution in [0.4, 0.5) is 0 Å². The van der Waals surface area contributed by atoms with E-state index < -0.39 is 0 Å². The summed E-state index contributed by atoms with van der Waals surface area (Å²) >= 11 is 0. The van der Waals surface area contributed by atoms with Crippen molar-refractivity contribution < 1.29 is 0 Å². The van der Waals surface area contributed by atoms with E-state index in [-0.39, 0.29) is 0 Å². The Bertz CT molecular complexity index is 342. The first kappa shape index (κ1) is 13.6. The molecule has 1 nitrogen and oxygen atoms in total. The molecule has 0 aliphatic heterocycles. The third kappa shape index (κ3) is 2.25. The van der Waals surface area contributed by atoms with Crippen molar-refractivity contribution in [3.63, 3.8) is 0 Å². The molecule has 5 unspecified atom stereocenters. The van der Waals surface area contributed by atoms with Gasteiger partial charge >= 0.3 is 0 Å². The van der Waals surface area contributed by atoms with Gasteiger partial charge in [-0.05, 0) is 86.9 Å². The molecule has 0 aromatic carbocycles. The van der Waals surface area contributed by atoms with Crippen LogP contribution in [0.15, 0.2) is 0 Å². The van der Waals surface area contributed by atoms with Gasteiger partial charge in [0.1, 0.15) is 0 Å². The minimum absolute atomic E-state index is 0.856. The smallest absolute Gasteiger partial charge is 0.0103 e. The van der Waals surface area contributed by atoms with Gasteiger partial charge in [-0.15, -0.1) is 0 Å². The fourth-order valence-electron chi connectivity index (χ4n) is 6.52. The standard InChI is InChI=1S/C19H33N/c1-12(2)13-6-8-15(9-7-13)20-19-11-14-10-18(19)17-5-3-4-16(14)17/h12-20H,3-11H2,1-2H3. The second-order valence-corrected chi connectivity index (χ2v) is 8.78. The maximum absolute atomic E-state index is 4.12. The maximum atomic E-state index is 4.12. The number of fused-ring (bicyclic) bond motifs is 5. The number of rotatable bonds is 3. The number of hydrogen-bond acceptors (Lipinski definition) is 1. The van der Waals surface area contributed by atoms with Crippen LogP contribution in [0.3, 0.4) is 0 Å². The molecule has 4 saturated carbocycles. The molecule has 1 heteroatoms. The van der Waals surface area contributed by atoms with Crippen molar-refractivity contribution in [2.75, 3.05) is 0 Å². The summed E-state index contributed by atoms with van der Waals surface area (Å²) in [5, 5.41) is 4.12. The molecule has 4 rings (SSSR count). The summed E-state index contributed by atoms with van der Waals surface area (Å²) in [4.78, 5) is 0. The van der Waals surface area contributed by atoms with Gasteiger partial charge in [-0.2, -0.15) is 0 Å². The predicted octanol–water partition coefficient (Wildman–Crippen LogP) is 4.62. The molecule has 4 aliphatic rings. The topological polar surface area (TPSA) is 12.0 Å². The molecule has 0 amide bonds. The molecular formula is C19H33N. The van der Waals surface area contributed by atoms with E-state index in [1.54, 1.807) is 19.3 Å². The first-order valence-electron chi connectivity index (χ1n) is 9.48. The summed E-state index contributed by atoms with van der Waals surface area (Å²) in [6, 6.07) is 1.76. The van der Waals surface area contributed by atoms with E-state index in [1.807, 2.05) is 0 Å². The molecule has 114 valence electrons. The van der Waals surface area contributed by atoms with Crippen molar-refractivity contribution in [2.45, 2.75) is 83.7 Å². The van der Waals surface area contributed by atoms with Crippen LogP contribution in [0, 0.1) is 35.5 Å². The predicted molar refractivity (Wildman–Crippen MR) is 84.6 cm³/mol. The van der Waals surface area contributed by atoms with Gasteiger partial charge < -0.3 is 5.32 Å². The minimum Gasteiger partial charge on any atom is -0.311 e. The van der Waals surface area contributed by atoms with Crippen molar-refractivity contribution in [1.82, 2.24) is 5.32 Å². The minimum atomic E-state index is 0.856. The summed E-state index contributed by atoms with van der Waals surface area (Å²) < 4.78 is 0. The SMILES string of the molecule is CC(C)C1CCC(NC2CC3CC2C2CCCC32)CC1. The molecule has 0 saturated heterocycles. The fraction of sp³-hybridized carbons (Fsp3) is 1.00. The van der Waals surface area contributed by atoms with Gasteiger partial charge in [-0.25, -0.2) is 0 Å². The van der Waals surface area contributed by atoms with Crippen molar-refractivity contribution in [1.29, 1.82) is 0 Å². The summed E-state index contributed by atoms with van der Waals surface area (Å²) in [6.45, 7) is 4.82. The Labute approximate surface area is 125 Å². The lowest BCUT2D eigenvalue weighted by molar-refractivity contribution is 0.171. The molecule has 0 radical (unpaired) electrons. The molecule has 4 aliphatic carbocycles. The van der Waals surface area contributed by atoms with Crippen molar-refractivity contribution >= 4 is 0 Å². The van der Waals surface area contributed by atoms with Crippen LogP contribution in [-0.2, 0) is 0 Å². The van der Waals surface area contributed by atoms with Crippen LogP contribution in [-0.4, -0.2) is 12.1 Å². The molecule has 2 bridgehead atoms. The molecule has 5 atom stereocenters. The lowest BCUT2D eigenvalue weighted by Crippen LogP contribution is -2.46. The van der Waals surface area contributed by atoms with Crippen LogP contribution in [0.1, 0.15) is 71.6 Å². The van der Waals surface area contributed by atoms with Gasteiger partial charge in [0.25, 0.3) is 0 Å². The van der Waals surface area contributed by atoms with Crippen LogP contribution in [0.2, 0.25) is 0 Å². The van der Waals surface area contributed by atoms with Crippen LogP contribution in [0.5, 0.6) is 0 Å². The first-order chi connectivity index (χ1) is 9.72. The summed E-state index contributed by atoms with van der Waals surface area (Å²) in [6.07, 6.45) is 13.6. The Morgan fingerprint density at radius 1 is 0.800 bits per heavy atom. The highest BCUT2D eigenvalue weighted by Crippen LogP contribution is 2.58. The van der Waals surface area contributed by atoms with Crippen molar-refractivity contribution in [3.8, 4) is 0 Å². The number of hydrogen-bond donors (Lipinski definition) is 1. The van der Waals surface area contributed by atoms with Crippen LogP contribution in [0.25, 0.3) is 0 Å². The molecule has 0 aromatic rings. The lowest BCUT2D eigenvalue weighted by atomic mass is 9.77. The molecule has 20 heavy (non-hydrogen) atoms. The maximum Gasteiger partial charge on any atom is 0.0103 e. The monoisotopic (exact) mass is 275 g/mol. The normalized spacial score (nSPS) is 50.9. The second-order valence-electron chi connectivity index (χ2n) is 8.78. The summed E-state index contributed by atoms with van der Waals surface area (Å²) in [7, 11) is 0. The third-order valence-corrected chi connectivity index (χ3v) is 7.59. The molecular weight excluding hydrogens is 242 g/mol. The molecule has 0 aromatic heterocycles. The van der Waals surface area contributed by atoms with E-state index in [1.165, 1.54) is 38.5 Å². The zero-order valence-electron chi connectivity index (χ0n) is 13.5. The van der Waals surface area contributed by atoms with E-state index >= 15 is 0 Å². The van der Waals surface area contributed by atoms with E-state index in [2.05, 4.69) is 19.2 Å². The van der Waals surface area contributed by atoms with Crippen LogP contribution < -0.4 is 5.32 Å². The molecule has 0 spiro atoms. The van der Waals surface area contributed by atoms with Gasteiger partial charge in [0.05, 0.1) is 0 Å². The van der Waals surface area contributed by atoms with Crippen molar-refractivity contribution in [3.05, 3.63) is 0 Å². The highest BCUT2D eigenvalue weighted by atomic mass is 15.0. The van der Waals surface area contributed by atoms with Crippen molar-refractivity contribution in [2.24, 2.45) is 35.5 Å². The van der Waals surface area contributed by atoms with E-state index in [4.69, 9.17) is 0 Å².